The monoisotopic (exact) mass is 1580 g/mol. The van der Waals surface area contributed by atoms with Crippen LogP contribution in [0.4, 0.5) is 0 Å². The van der Waals surface area contributed by atoms with Crippen LogP contribution in [0.25, 0.3) is 275 Å². The predicted molar refractivity (Wildman–Crippen MR) is 512 cm³/mol. The molecule has 0 unspecified atom stereocenters. The Bertz CT molecular complexity index is 9350. The second-order valence-corrected chi connectivity index (χ2v) is 32.7. The molecule has 572 valence electrons. The highest BCUT2D eigenvalue weighted by molar-refractivity contribution is 6.28. The Balaban J connectivity index is 0.595. The van der Waals surface area contributed by atoms with Crippen molar-refractivity contribution in [3.05, 3.63) is 388 Å². The predicted octanol–water partition coefficient (Wildman–Crippen LogP) is 30.1. The van der Waals surface area contributed by atoms with Gasteiger partial charge in [-0.2, -0.15) is 0 Å². The van der Waals surface area contributed by atoms with E-state index < -0.39 is 0 Å². The smallest absolute Gasteiger partial charge is 0.164 e. The fraction of sp³-hybridized carbons (Fsp3) is 0. The van der Waals surface area contributed by atoms with E-state index in [2.05, 4.69) is 361 Å². The van der Waals surface area contributed by atoms with Crippen LogP contribution in [-0.4, -0.2) is 39.0 Å². The van der Waals surface area contributed by atoms with Gasteiger partial charge in [0.05, 0.1) is 44.2 Å². The Kier molecular flexibility index (Phi) is 14.5. The van der Waals surface area contributed by atoms with Gasteiger partial charge in [0.1, 0.15) is 22.3 Å². The number of nitrogens with zero attached hydrogens (tertiary/aromatic N) is 8. The van der Waals surface area contributed by atoms with Crippen LogP contribution in [-0.2, 0) is 0 Å². The van der Waals surface area contributed by atoms with Crippen LogP contribution in [0.5, 0.6) is 0 Å². The molecular weight excluding hydrogens is 1510 g/mol. The van der Waals surface area contributed by atoms with Crippen molar-refractivity contribution in [1.29, 1.82) is 0 Å². The lowest BCUT2D eigenvalue weighted by atomic mass is 9.90. The summed E-state index contributed by atoms with van der Waals surface area (Å²) in [6, 6.07) is 139. The van der Waals surface area contributed by atoms with Gasteiger partial charge in [-0.3, -0.25) is 0 Å². The van der Waals surface area contributed by atoms with Crippen LogP contribution < -0.4 is 0 Å². The van der Waals surface area contributed by atoms with Crippen molar-refractivity contribution >= 4 is 184 Å². The summed E-state index contributed by atoms with van der Waals surface area (Å²) in [7, 11) is 0. The molecule has 0 aliphatic rings. The standard InChI is InChI=1S/C114H64N8O2/c1-3-22-68(23-4-1)109-115-111(118-112(116-109)76-43-41-66-49-54-103-106(89(66)59-76)108-96(38-20-40-101(108)124-103)122-97-52-47-65-21-11-12-30-82(65)104(97)93-58-71-27-8-10-29-73(71)64-99(93)122)75-46-51-81-79(56-75)61-88(85-33-15-13-31-83(81)85)74-45-50-80-78(55-74)62-92(86-34-16-14-32-84(80)86)114-119-110(69-24-5-2-6-25-69)117-113(120-114)77-44-42-67-48-53-102-105(90(67)60-77)107-95(37-19-39-100(107)123-102)121-94-36-18-17-35-87(94)91-57-70-26-7-9-28-72(70)63-98(91)121/h1-64H. The lowest BCUT2D eigenvalue weighted by molar-refractivity contribution is 0.668. The summed E-state index contributed by atoms with van der Waals surface area (Å²) in [6.45, 7) is 0. The number of rotatable bonds is 9. The van der Waals surface area contributed by atoms with Gasteiger partial charge in [0.15, 0.2) is 34.9 Å². The van der Waals surface area contributed by atoms with Crippen LogP contribution in [0.1, 0.15) is 0 Å². The quantitative estimate of drug-likeness (QED) is 0.131. The molecule has 0 saturated heterocycles. The topological polar surface area (TPSA) is 113 Å². The van der Waals surface area contributed by atoms with Crippen LogP contribution in [0, 0.1) is 0 Å². The summed E-state index contributed by atoms with van der Waals surface area (Å²) >= 11 is 0. The molecule has 0 aliphatic carbocycles. The van der Waals surface area contributed by atoms with E-state index in [0.29, 0.717) is 34.9 Å². The molecule has 0 radical (unpaired) electrons. The van der Waals surface area contributed by atoms with Crippen molar-refractivity contribution in [2.24, 2.45) is 0 Å². The van der Waals surface area contributed by atoms with Crippen molar-refractivity contribution in [2.75, 3.05) is 0 Å². The first-order chi connectivity index (χ1) is 61.4. The number of hydrogen-bond acceptors (Lipinski definition) is 8. The summed E-state index contributed by atoms with van der Waals surface area (Å²) in [5.41, 5.74) is 17.2. The van der Waals surface area contributed by atoms with Crippen molar-refractivity contribution < 1.29 is 8.83 Å². The molecule has 27 rings (SSSR count). The van der Waals surface area contributed by atoms with E-state index in [1.165, 1.54) is 53.9 Å². The van der Waals surface area contributed by atoms with Gasteiger partial charge in [0.25, 0.3) is 0 Å². The van der Waals surface area contributed by atoms with Crippen molar-refractivity contribution in [3.63, 3.8) is 0 Å². The van der Waals surface area contributed by atoms with E-state index >= 15 is 0 Å². The third-order valence-electron chi connectivity index (χ3n) is 25.8. The molecule has 0 atom stereocenters. The summed E-state index contributed by atoms with van der Waals surface area (Å²) < 4.78 is 18.7. The summed E-state index contributed by atoms with van der Waals surface area (Å²) in [6.07, 6.45) is 0. The maximum Gasteiger partial charge on any atom is 0.164 e. The first-order valence-corrected chi connectivity index (χ1v) is 42.0. The molecule has 0 amide bonds. The van der Waals surface area contributed by atoms with Gasteiger partial charge >= 0.3 is 0 Å². The third-order valence-corrected chi connectivity index (χ3v) is 25.8. The molecule has 6 aromatic heterocycles. The molecule has 124 heavy (non-hydrogen) atoms. The normalized spacial score (nSPS) is 12.2. The average molecular weight is 1580 g/mol. The number of fused-ring (bicyclic) bond motifs is 26. The second kappa shape index (κ2) is 26.3. The Morgan fingerprint density at radius 3 is 1.12 bits per heavy atom. The van der Waals surface area contributed by atoms with Gasteiger partial charge in [-0.15, -0.1) is 0 Å². The molecule has 10 heteroatoms. The lowest BCUT2D eigenvalue weighted by Crippen LogP contribution is -2.01. The molecular formula is C114H64N8O2. The Morgan fingerprint density at radius 1 is 0.161 bits per heavy atom. The molecule has 0 aliphatic heterocycles. The minimum atomic E-state index is 0.558. The number of para-hydroxylation sites is 1. The molecule has 21 aromatic carbocycles. The maximum absolute atomic E-state index is 6.94. The van der Waals surface area contributed by atoms with E-state index in [9.17, 15) is 0 Å². The third kappa shape index (κ3) is 10.3. The van der Waals surface area contributed by atoms with E-state index in [1.807, 2.05) is 36.4 Å². The highest BCUT2D eigenvalue weighted by atomic mass is 16.3. The molecule has 0 bridgehead atoms. The van der Waals surface area contributed by atoms with Crippen LogP contribution >= 0.6 is 0 Å². The van der Waals surface area contributed by atoms with Gasteiger partial charge in [0, 0.05) is 65.7 Å². The van der Waals surface area contributed by atoms with Crippen molar-refractivity contribution in [1.82, 2.24) is 39.0 Å². The van der Waals surface area contributed by atoms with E-state index in [0.717, 1.165) is 186 Å². The summed E-state index contributed by atoms with van der Waals surface area (Å²) in [5.74, 6) is 3.40. The first-order valence-electron chi connectivity index (χ1n) is 42.0. The fourth-order valence-electron chi connectivity index (χ4n) is 20.2. The maximum atomic E-state index is 6.94. The molecule has 10 nitrogen and oxygen atoms in total. The minimum Gasteiger partial charge on any atom is -0.456 e. The molecule has 0 spiro atoms. The zero-order valence-electron chi connectivity index (χ0n) is 66.3. The van der Waals surface area contributed by atoms with Gasteiger partial charge in [0.2, 0.25) is 0 Å². The van der Waals surface area contributed by atoms with E-state index in [4.69, 9.17) is 38.7 Å². The zero-order chi connectivity index (χ0) is 80.9. The van der Waals surface area contributed by atoms with Crippen LogP contribution in [0.2, 0.25) is 0 Å². The van der Waals surface area contributed by atoms with Gasteiger partial charge in [-0.1, -0.05) is 279 Å². The number of aromatic nitrogens is 8. The van der Waals surface area contributed by atoms with Crippen molar-refractivity contribution in [3.8, 4) is 90.8 Å². The van der Waals surface area contributed by atoms with Gasteiger partial charge < -0.3 is 18.0 Å². The summed E-state index contributed by atoms with van der Waals surface area (Å²) in [5, 5.41) is 29.1. The lowest BCUT2D eigenvalue weighted by Gasteiger charge is -2.15. The molecule has 0 fully saturated rings. The van der Waals surface area contributed by atoms with Crippen LogP contribution in [0.3, 0.4) is 0 Å². The average Bonchev–Trinajstić information content (AvgIpc) is 1.55. The minimum absolute atomic E-state index is 0.558. The fourth-order valence-corrected chi connectivity index (χ4v) is 20.2. The Labute approximate surface area is 706 Å². The van der Waals surface area contributed by atoms with Crippen molar-refractivity contribution in [2.45, 2.75) is 0 Å². The second-order valence-electron chi connectivity index (χ2n) is 32.7. The molecule has 0 saturated carbocycles. The summed E-state index contributed by atoms with van der Waals surface area (Å²) in [4.78, 5) is 32.7. The highest BCUT2D eigenvalue weighted by Crippen LogP contribution is 2.49. The van der Waals surface area contributed by atoms with Gasteiger partial charge in [-0.25, -0.2) is 29.9 Å². The molecule has 6 heterocycles. The SMILES string of the molecule is c1ccc(-c2nc(-c3ccc4c(c3)cc(-c3ccc5c(c3)cc(-c3nc(-c6ccccc6)nc(-c6ccc7ccc8oc9cccc(-n%10c%11ccccc%11c%11cc%12ccccc%12cc%11%10)c9c8c7c6)n3)c3ccccc35)c3ccccc34)nc(-c3ccc4ccc5oc6cccc(-n7c8cc9ccccc9cc8c8c9ccccc9ccc87)c6c5c4c3)n2)cc1. The molecule has 0 N–H and O–H groups in total. The zero-order valence-corrected chi connectivity index (χ0v) is 66.3. The highest BCUT2D eigenvalue weighted by Gasteiger charge is 2.27. The Morgan fingerprint density at radius 2 is 0.548 bits per heavy atom. The molecule has 27 aromatic rings. The first kappa shape index (κ1) is 68.1. The van der Waals surface area contributed by atoms with Gasteiger partial charge in [-0.05, 0) is 217 Å². The van der Waals surface area contributed by atoms with E-state index in [1.54, 1.807) is 0 Å². The number of furan rings is 2. The number of benzene rings is 21. The number of hydrogen-bond donors (Lipinski definition) is 0. The Hall–Kier alpha value is -16.8. The van der Waals surface area contributed by atoms with E-state index in [-0.39, 0.29) is 0 Å². The van der Waals surface area contributed by atoms with Crippen LogP contribution in [0.15, 0.2) is 397 Å². The largest absolute Gasteiger partial charge is 0.456 e.